The maximum absolute atomic E-state index is 13.0. The molecule has 0 saturated heterocycles. The smallest absolute Gasteiger partial charge is 0.272 e. The lowest BCUT2D eigenvalue weighted by Crippen LogP contribution is -2.33. The first-order chi connectivity index (χ1) is 9.82. The molecule has 5 heteroatoms. The zero-order valence-corrected chi connectivity index (χ0v) is 12.4. The van der Waals surface area contributed by atoms with Gasteiger partial charge in [0.2, 0.25) is 0 Å². The molecule has 0 saturated carbocycles. The van der Waals surface area contributed by atoms with Crippen LogP contribution in [-0.4, -0.2) is 14.9 Å². The molecule has 1 aromatic heterocycles. The van der Waals surface area contributed by atoms with E-state index in [1.54, 1.807) is 32.0 Å². The second-order valence-corrected chi connectivity index (χ2v) is 5.54. The highest BCUT2D eigenvalue weighted by atomic mass is 19.1. The number of halogens is 1. The van der Waals surface area contributed by atoms with Crippen molar-refractivity contribution in [3.63, 3.8) is 0 Å². The molecule has 0 amide bonds. The van der Waals surface area contributed by atoms with Gasteiger partial charge in [-0.25, -0.2) is 9.07 Å². The average Bonchev–Trinajstić information content (AvgIpc) is 2.41. The Morgan fingerprint density at radius 1 is 1.29 bits per heavy atom. The molecule has 0 bridgehead atoms. The molecule has 4 nitrogen and oxygen atoms in total. The molecule has 2 rings (SSSR count). The molecular weight excluding hydrogens is 271 g/mol. The van der Waals surface area contributed by atoms with Crippen molar-refractivity contribution in [2.24, 2.45) is 0 Å². The molecule has 1 aromatic carbocycles. The van der Waals surface area contributed by atoms with Gasteiger partial charge in [-0.05, 0) is 50.6 Å². The summed E-state index contributed by atoms with van der Waals surface area (Å²) in [7, 11) is 0. The zero-order chi connectivity index (χ0) is 15.6. The Bertz CT molecular complexity index is 685. The van der Waals surface area contributed by atoms with Crippen LogP contribution in [0.4, 0.5) is 4.39 Å². The summed E-state index contributed by atoms with van der Waals surface area (Å²) in [5.74, 6) is -0.330. The van der Waals surface area contributed by atoms with Crippen molar-refractivity contribution in [2.45, 2.75) is 39.3 Å². The lowest BCUT2D eigenvalue weighted by molar-refractivity contribution is 0.0761. The number of hydrogen-bond donors (Lipinski definition) is 1. The van der Waals surface area contributed by atoms with Crippen molar-refractivity contribution in [3.05, 3.63) is 52.1 Å². The Morgan fingerprint density at radius 3 is 2.43 bits per heavy atom. The predicted molar refractivity (Wildman–Crippen MR) is 79.4 cm³/mol. The van der Waals surface area contributed by atoms with E-state index in [0.717, 1.165) is 6.42 Å². The van der Waals surface area contributed by atoms with Crippen molar-refractivity contribution in [1.29, 1.82) is 0 Å². The van der Waals surface area contributed by atoms with Crippen molar-refractivity contribution in [3.8, 4) is 11.3 Å². The van der Waals surface area contributed by atoms with Crippen molar-refractivity contribution in [1.82, 2.24) is 9.78 Å². The summed E-state index contributed by atoms with van der Waals surface area (Å²) in [6, 6.07) is 7.47. The molecule has 0 aliphatic heterocycles. The summed E-state index contributed by atoms with van der Waals surface area (Å²) < 4.78 is 14.4. The maximum Gasteiger partial charge on any atom is 0.272 e. The Hall–Kier alpha value is -2.01. The molecule has 0 atom stereocenters. The Kier molecular flexibility index (Phi) is 4.23. The first-order valence-corrected chi connectivity index (χ1v) is 6.94. The fourth-order valence-electron chi connectivity index (χ4n) is 2.11. The van der Waals surface area contributed by atoms with Gasteiger partial charge in [-0.1, -0.05) is 6.92 Å². The first-order valence-electron chi connectivity index (χ1n) is 6.94. The summed E-state index contributed by atoms with van der Waals surface area (Å²) >= 11 is 0. The second-order valence-electron chi connectivity index (χ2n) is 5.54. The molecule has 0 unspecified atom stereocenters. The van der Waals surface area contributed by atoms with Crippen molar-refractivity contribution < 1.29 is 9.50 Å². The quantitative estimate of drug-likeness (QED) is 0.942. The lowest BCUT2D eigenvalue weighted by atomic mass is 9.98. The van der Waals surface area contributed by atoms with Crippen LogP contribution in [0.15, 0.2) is 35.1 Å². The lowest BCUT2D eigenvalue weighted by Gasteiger charge is -2.19. The van der Waals surface area contributed by atoms with E-state index in [0.29, 0.717) is 17.8 Å². The van der Waals surface area contributed by atoms with Crippen molar-refractivity contribution >= 4 is 0 Å². The number of aliphatic hydroxyl groups is 1. The van der Waals surface area contributed by atoms with E-state index in [1.165, 1.54) is 16.8 Å². The molecule has 0 aliphatic rings. The molecule has 21 heavy (non-hydrogen) atoms. The third-order valence-corrected chi connectivity index (χ3v) is 3.21. The van der Waals surface area contributed by atoms with Crippen LogP contribution < -0.4 is 5.56 Å². The molecule has 2 aromatic rings. The summed E-state index contributed by atoms with van der Waals surface area (Å²) in [6.45, 7) is 5.54. The molecule has 1 heterocycles. The van der Waals surface area contributed by atoms with Gasteiger partial charge in [-0.2, -0.15) is 5.10 Å². The third kappa shape index (κ3) is 3.36. The largest absolute Gasteiger partial charge is 0.386 e. The molecule has 0 aliphatic carbocycles. The fourth-order valence-corrected chi connectivity index (χ4v) is 2.11. The van der Waals surface area contributed by atoms with Gasteiger partial charge in [0.1, 0.15) is 5.82 Å². The number of aromatic nitrogens is 2. The highest BCUT2D eigenvalue weighted by Crippen LogP contribution is 2.22. The number of benzene rings is 1. The average molecular weight is 290 g/mol. The zero-order valence-electron chi connectivity index (χ0n) is 12.4. The second kappa shape index (κ2) is 5.77. The fraction of sp³-hybridized carbons (Fsp3) is 0.375. The minimum atomic E-state index is -1.26. The third-order valence-electron chi connectivity index (χ3n) is 3.21. The number of aryl methyl sites for hydroxylation is 1. The van der Waals surface area contributed by atoms with Crippen LogP contribution in [-0.2, 0) is 12.1 Å². The van der Waals surface area contributed by atoms with Gasteiger partial charge < -0.3 is 5.11 Å². The van der Waals surface area contributed by atoms with Gasteiger partial charge in [0.05, 0.1) is 16.9 Å². The topological polar surface area (TPSA) is 55.1 Å². The molecule has 0 spiro atoms. The Morgan fingerprint density at radius 2 is 1.90 bits per heavy atom. The van der Waals surface area contributed by atoms with Crippen molar-refractivity contribution in [2.75, 3.05) is 0 Å². The van der Waals surface area contributed by atoms with Crippen LogP contribution in [0, 0.1) is 5.82 Å². The summed E-state index contributed by atoms with van der Waals surface area (Å²) in [5.41, 5.74) is -0.0305. The van der Waals surface area contributed by atoms with Crippen LogP contribution in [0.1, 0.15) is 32.8 Å². The molecular formula is C16H19FN2O2. The van der Waals surface area contributed by atoms with Crippen LogP contribution in [0.3, 0.4) is 0 Å². The van der Waals surface area contributed by atoms with Crippen LogP contribution in [0.5, 0.6) is 0 Å². The van der Waals surface area contributed by atoms with E-state index in [2.05, 4.69) is 5.10 Å². The maximum atomic E-state index is 13.0. The van der Waals surface area contributed by atoms with Gasteiger partial charge >= 0.3 is 0 Å². The first kappa shape index (κ1) is 15.4. The number of hydrogen-bond acceptors (Lipinski definition) is 3. The molecule has 0 radical (unpaired) electrons. The Labute approximate surface area is 122 Å². The normalized spacial score (nSPS) is 11.7. The predicted octanol–water partition coefficient (Wildman–Crippen LogP) is 2.69. The molecule has 1 N–H and O–H groups in total. The van der Waals surface area contributed by atoms with E-state index in [9.17, 15) is 14.3 Å². The summed E-state index contributed by atoms with van der Waals surface area (Å²) in [4.78, 5) is 12.3. The molecule has 112 valence electrons. The van der Waals surface area contributed by atoms with Gasteiger partial charge in [0, 0.05) is 12.1 Å². The van der Waals surface area contributed by atoms with E-state index in [-0.39, 0.29) is 16.9 Å². The van der Waals surface area contributed by atoms with E-state index in [4.69, 9.17) is 0 Å². The minimum Gasteiger partial charge on any atom is -0.386 e. The Balaban J connectivity index is 2.64. The molecule has 0 fully saturated rings. The van der Waals surface area contributed by atoms with E-state index >= 15 is 0 Å². The van der Waals surface area contributed by atoms with E-state index < -0.39 is 5.60 Å². The van der Waals surface area contributed by atoms with Gasteiger partial charge in [0.15, 0.2) is 0 Å². The van der Waals surface area contributed by atoms with Crippen LogP contribution in [0.2, 0.25) is 0 Å². The minimum absolute atomic E-state index is 0.283. The van der Waals surface area contributed by atoms with Gasteiger partial charge in [-0.3, -0.25) is 4.79 Å². The SMILES string of the molecule is CCCn1nc(-c2ccc(F)cc2)cc(C(C)(C)O)c1=O. The van der Waals surface area contributed by atoms with E-state index in [1.807, 2.05) is 6.92 Å². The van der Waals surface area contributed by atoms with Crippen LogP contribution >= 0.6 is 0 Å². The standard InChI is InChI=1S/C16H19FN2O2/c1-4-9-19-15(20)13(16(2,3)21)10-14(18-19)11-5-7-12(17)8-6-11/h5-8,10,21H,4,9H2,1-3H3. The monoisotopic (exact) mass is 290 g/mol. The number of nitrogens with zero attached hydrogens (tertiary/aromatic N) is 2. The summed E-state index contributed by atoms with van der Waals surface area (Å²) in [5, 5.41) is 14.5. The van der Waals surface area contributed by atoms with Gasteiger partial charge in [0.25, 0.3) is 5.56 Å². The highest BCUT2D eigenvalue weighted by molar-refractivity contribution is 5.59. The number of rotatable bonds is 4. The van der Waals surface area contributed by atoms with Crippen LogP contribution in [0.25, 0.3) is 11.3 Å². The summed E-state index contributed by atoms with van der Waals surface area (Å²) in [6.07, 6.45) is 0.755. The van der Waals surface area contributed by atoms with Gasteiger partial charge in [-0.15, -0.1) is 0 Å². The highest BCUT2D eigenvalue weighted by Gasteiger charge is 2.23.